The number of benzene rings is 2. The number of fused-ring (bicyclic) bond motifs is 4. The molecule has 0 bridgehead atoms. The molecule has 0 aliphatic heterocycles. The number of ether oxygens (including phenoxy) is 1. The zero-order chi connectivity index (χ0) is 43.2. The van der Waals surface area contributed by atoms with E-state index in [0.717, 1.165) is 166 Å². The lowest BCUT2D eigenvalue weighted by Gasteiger charge is -2.61. The van der Waals surface area contributed by atoms with Crippen LogP contribution in [0.3, 0.4) is 0 Å². The predicted octanol–water partition coefficient (Wildman–Crippen LogP) is 14.3. The zero-order valence-electron chi connectivity index (χ0n) is 40.6. The maximum atomic E-state index is 6.72. The molecule has 346 valence electrons. The summed E-state index contributed by atoms with van der Waals surface area (Å²) in [5, 5.41) is 0. The van der Waals surface area contributed by atoms with E-state index < -0.39 is 0 Å². The van der Waals surface area contributed by atoms with Gasteiger partial charge in [-0.05, 0) is 227 Å². The molecule has 0 N–H and O–H groups in total. The summed E-state index contributed by atoms with van der Waals surface area (Å²) < 4.78 is 6.72. The van der Waals surface area contributed by atoms with Crippen LogP contribution < -0.4 is 4.74 Å². The monoisotopic (exact) mass is 885 g/mol. The third kappa shape index (κ3) is 3.61. The molecule has 2 aromatic rings. The van der Waals surface area contributed by atoms with Crippen LogP contribution in [-0.2, 0) is 5.41 Å². The molecule has 1 heteroatoms. The Kier molecular flexibility index (Phi) is 6.95. The van der Waals surface area contributed by atoms with E-state index in [1.807, 2.05) is 11.1 Å². The van der Waals surface area contributed by atoms with Gasteiger partial charge in [-0.2, -0.15) is 0 Å². The summed E-state index contributed by atoms with van der Waals surface area (Å²) in [6.45, 7) is 5.54. The number of hydrogen-bond acceptors (Lipinski definition) is 1. The highest BCUT2D eigenvalue weighted by Gasteiger charge is 3.04. The van der Waals surface area contributed by atoms with Crippen LogP contribution in [-0.4, -0.2) is 6.61 Å². The van der Waals surface area contributed by atoms with E-state index in [1.165, 1.54) is 76.2 Å². The van der Waals surface area contributed by atoms with Crippen molar-refractivity contribution in [3.05, 3.63) is 113 Å². The second-order valence-electron chi connectivity index (χ2n) is 28.1. The van der Waals surface area contributed by atoms with Crippen molar-refractivity contribution in [2.75, 3.05) is 6.61 Å². The summed E-state index contributed by atoms with van der Waals surface area (Å²) in [7, 11) is 0. The minimum Gasteiger partial charge on any atom is -0.494 e. The summed E-state index contributed by atoms with van der Waals surface area (Å²) in [4.78, 5) is 0. The zero-order valence-corrected chi connectivity index (χ0v) is 40.6. The largest absolute Gasteiger partial charge is 0.494 e. The number of hydrogen-bond donors (Lipinski definition) is 0. The summed E-state index contributed by atoms with van der Waals surface area (Å²) >= 11 is 0. The number of unbranched alkanes of at least 4 members (excludes halogenated alkanes) is 9. The second-order valence-corrected chi connectivity index (χ2v) is 28.1. The lowest BCUT2D eigenvalue weighted by molar-refractivity contribution is -0.144. The lowest BCUT2D eigenvalue weighted by atomic mass is 9.43. The molecule has 0 amide bonds. The summed E-state index contributed by atoms with van der Waals surface area (Å²) in [6.07, 6.45) is 37.8. The van der Waals surface area contributed by atoms with Gasteiger partial charge in [-0.3, -0.25) is 0 Å². The maximum Gasteiger partial charge on any atom is 0.119 e. The minimum absolute atomic E-state index is 0.0240. The van der Waals surface area contributed by atoms with E-state index in [0.29, 0.717) is 5.41 Å². The normalized spacial score (nSPS) is 58.7. The average molecular weight is 885 g/mol. The van der Waals surface area contributed by atoms with Gasteiger partial charge in [0.15, 0.2) is 0 Å². The molecule has 13 fully saturated rings. The van der Waals surface area contributed by atoms with Gasteiger partial charge < -0.3 is 4.74 Å². The molecule has 1 nitrogen and oxygen atoms in total. The molecule has 0 radical (unpaired) electrons. The molecular formula is C66H76O. The smallest absolute Gasteiger partial charge is 0.119 e. The fourth-order valence-electron chi connectivity index (χ4n) is 28.6. The van der Waals surface area contributed by atoms with Crippen molar-refractivity contribution in [2.45, 2.75) is 109 Å². The van der Waals surface area contributed by atoms with Crippen LogP contribution in [0.4, 0.5) is 0 Å². The van der Waals surface area contributed by atoms with Crippen LogP contribution in [0.25, 0.3) is 0 Å². The van der Waals surface area contributed by atoms with Crippen molar-refractivity contribution in [1.82, 2.24) is 0 Å². The molecule has 2 aromatic carbocycles. The topological polar surface area (TPSA) is 9.23 Å². The Labute approximate surface area is 401 Å². The molecule has 0 saturated heterocycles. The Bertz CT molecular complexity index is 2640. The maximum absolute atomic E-state index is 6.72. The molecule has 13 saturated carbocycles. The molecule has 17 aliphatic rings. The van der Waals surface area contributed by atoms with Crippen LogP contribution in [0.15, 0.2) is 96.1 Å². The third-order valence-corrected chi connectivity index (χ3v) is 28.0. The first-order valence-electron chi connectivity index (χ1n) is 29.8. The first-order chi connectivity index (χ1) is 33.2. The van der Waals surface area contributed by atoms with E-state index in [1.54, 1.807) is 30.4 Å². The molecule has 19 rings (SSSR count). The summed E-state index contributed by atoms with van der Waals surface area (Å²) in [5.74, 6) is 26.3. The second kappa shape index (κ2) is 12.3. The Morgan fingerprint density at radius 3 is 1.82 bits per heavy atom. The van der Waals surface area contributed by atoms with E-state index in [2.05, 4.69) is 98.8 Å². The third-order valence-electron chi connectivity index (χ3n) is 28.0. The highest BCUT2D eigenvalue weighted by Crippen LogP contribution is 3.06. The van der Waals surface area contributed by atoms with Gasteiger partial charge in [-0.25, -0.2) is 0 Å². The molecule has 67 heavy (non-hydrogen) atoms. The van der Waals surface area contributed by atoms with Gasteiger partial charge in [0.2, 0.25) is 0 Å². The molecule has 29 atom stereocenters. The Hall–Kier alpha value is -2.80. The van der Waals surface area contributed by atoms with Crippen LogP contribution in [0.2, 0.25) is 0 Å². The average Bonchev–Trinajstić information content (AvgIpc) is 4.00. The fraction of sp³-hybridized carbons (Fsp3) is 0.697. The molecule has 0 aromatic heterocycles. The molecule has 0 heterocycles. The predicted molar refractivity (Wildman–Crippen MR) is 264 cm³/mol. The van der Waals surface area contributed by atoms with Crippen molar-refractivity contribution < 1.29 is 4.74 Å². The SMILES string of the molecule is CCCCCCCCCCCCOc1ccc(C2(c3ccc(C)cc3)C34C5=C6C=CC7C8C=CC9C%10CCC%11C%12CCC%13C%14C%12C%12C%11C%10C%10C9C8C8C7C6C3C3C8C%10C%12C3C%14C24C%13C=C5)cc1. The highest BCUT2D eigenvalue weighted by molar-refractivity contribution is 5.75. The molecule has 2 spiro atoms. The van der Waals surface area contributed by atoms with Gasteiger partial charge in [-0.15, -0.1) is 0 Å². The van der Waals surface area contributed by atoms with E-state index >= 15 is 0 Å². The Balaban J connectivity index is 0.795. The first kappa shape index (κ1) is 38.0. The van der Waals surface area contributed by atoms with E-state index in [4.69, 9.17) is 4.74 Å². The van der Waals surface area contributed by atoms with Gasteiger partial charge in [0.05, 0.1) is 6.61 Å². The van der Waals surface area contributed by atoms with Crippen molar-refractivity contribution in [2.24, 2.45) is 165 Å². The number of allylic oxidation sites excluding steroid dienone is 8. The fourth-order valence-corrected chi connectivity index (χ4v) is 28.6. The highest BCUT2D eigenvalue weighted by atomic mass is 16.5. The molecule has 29 unspecified atom stereocenters. The minimum atomic E-state index is 0.0240. The van der Waals surface area contributed by atoms with Crippen LogP contribution in [0.5, 0.6) is 5.75 Å². The first-order valence-corrected chi connectivity index (χ1v) is 29.8. The Morgan fingerprint density at radius 1 is 0.478 bits per heavy atom. The van der Waals surface area contributed by atoms with Crippen LogP contribution >= 0.6 is 0 Å². The van der Waals surface area contributed by atoms with Crippen molar-refractivity contribution in [3.63, 3.8) is 0 Å². The number of rotatable bonds is 14. The van der Waals surface area contributed by atoms with E-state index in [-0.39, 0.29) is 10.8 Å². The van der Waals surface area contributed by atoms with Gasteiger partial charge >= 0.3 is 0 Å². The summed E-state index contributed by atoms with van der Waals surface area (Å²) in [6, 6.07) is 20.9. The van der Waals surface area contributed by atoms with Gasteiger partial charge in [0.25, 0.3) is 0 Å². The van der Waals surface area contributed by atoms with Gasteiger partial charge in [-0.1, -0.05) is 143 Å². The molecule has 17 aliphatic carbocycles. The molecular weight excluding hydrogens is 809 g/mol. The lowest BCUT2D eigenvalue weighted by Crippen LogP contribution is -2.58. The standard InChI is InChI=1S/C66H76O/c1-3-4-5-6-7-8-9-10-11-12-31-67-35-19-17-34(18-20-35)64(33-15-13-32(2)14-16-33)65-44-29-30-45-43-28-26-41-39-24-22-37-36-21-23-38-40-25-27-42(44)52-50(40)55-48(38)46(36)54-47(37)49(39)56-51(41)53(43)63(66(45,64)65)61-59(56)57(54)58(55)60(61)62(52)65/h13-21,23,25,27,29-30,36-41,43,45-63H,3-12,22,24,26,28,31H2,1-2H3. The van der Waals surface area contributed by atoms with Crippen molar-refractivity contribution in [3.8, 4) is 5.75 Å². The van der Waals surface area contributed by atoms with Gasteiger partial charge in [0.1, 0.15) is 5.75 Å². The number of aryl methyl sites for hydroxylation is 1. The van der Waals surface area contributed by atoms with Crippen LogP contribution in [0.1, 0.15) is 114 Å². The van der Waals surface area contributed by atoms with Crippen molar-refractivity contribution in [1.29, 1.82) is 0 Å². The van der Waals surface area contributed by atoms with E-state index in [9.17, 15) is 0 Å². The van der Waals surface area contributed by atoms with Gasteiger partial charge in [0, 0.05) is 16.2 Å². The van der Waals surface area contributed by atoms with Crippen LogP contribution in [0, 0.1) is 172 Å². The van der Waals surface area contributed by atoms with Crippen molar-refractivity contribution >= 4 is 0 Å². The Morgan fingerprint density at radius 2 is 1.04 bits per heavy atom. The quantitative estimate of drug-likeness (QED) is 0.136. The summed E-state index contributed by atoms with van der Waals surface area (Å²) in [5.41, 5.74) is 9.19.